The first kappa shape index (κ1) is 24.3. The Morgan fingerprint density at radius 3 is 1.91 bits per heavy atom. The highest BCUT2D eigenvalue weighted by atomic mass is 28.3. The van der Waals surface area contributed by atoms with Gasteiger partial charge in [-0.1, -0.05) is 92.1 Å². The normalized spacial score (nSPS) is 25.4. The molecule has 1 saturated heterocycles. The molecule has 32 heavy (non-hydrogen) atoms. The molecule has 1 fully saturated rings. The first-order chi connectivity index (χ1) is 15.4. The maximum absolute atomic E-state index is 9.98. The number of benzene rings is 2. The van der Waals surface area contributed by atoms with Gasteiger partial charge in [0.15, 0.2) is 0 Å². The molecule has 5 atom stereocenters. The van der Waals surface area contributed by atoms with Crippen LogP contribution in [0.1, 0.15) is 11.1 Å². The maximum atomic E-state index is 9.98. The van der Waals surface area contributed by atoms with Gasteiger partial charge in [0.2, 0.25) is 0 Å². The number of aliphatic hydroxyl groups excluding tert-OH is 1. The van der Waals surface area contributed by atoms with Crippen molar-refractivity contribution in [1.82, 2.24) is 0 Å². The fourth-order valence-corrected chi connectivity index (χ4v) is 4.19. The Labute approximate surface area is 192 Å². The first-order valence-electron chi connectivity index (χ1n) is 11.0. The molecule has 0 saturated carbocycles. The van der Waals surface area contributed by atoms with Crippen LogP contribution in [0.2, 0.25) is 19.6 Å². The molecule has 1 N–H and O–H groups in total. The summed E-state index contributed by atoms with van der Waals surface area (Å²) in [7, 11) is -1.65. The molecule has 2 aromatic carbocycles. The van der Waals surface area contributed by atoms with Gasteiger partial charge in [0.1, 0.15) is 26.4 Å². The van der Waals surface area contributed by atoms with E-state index < -0.39 is 38.4 Å². The molecule has 168 valence electrons. The van der Waals surface area contributed by atoms with Crippen LogP contribution in [0, 0.1) is 29.7 Å². The van der Waals surface area contributed by atoms with E-state index in [9.17, 15) is 5.11 Å². The SMILES string of the molecule is C#C[C@H]1[C@H](OCc2ccccc2)[C@@H](OCc2ccccc2)[C@@H](C#C[Si](C)(C)C)O[C@@H]1CO. The lowest BCUT2D eigenvalue weighted by Gasteiger charge is -2.43. The lowest BCUT2D eigenvalue weighted by atomic mass is 9.87. The smallest absolute Gasteiger partial charge is 0.146 e. The Kier molecular flexibility index (Phi) is 8.70. The van der Waals surface area contributed by atoms with E-state index in [-0.39, 0.29) is 6.61 Å². The third kappa shape index (κ3) is 6.81. The molecule has 0 unspecified atom stereocenters. The molecule has 1 heterocycles. The average Bonchev–Trinajstić information content (AvgIpc) is 2.80. The van der Waals surface area contributed by atoms with Crippen molar-refractivity contribution in [1.29, 1.82) is 0 Å². The highest BCUT2D eigenvalue weighted by Gasteiger charge is 2.46. The van der Waals surface area contributed by atoms with Gasteiger partial charge in [-0.2, -0.15) is 0 Å². The lowest BCUT2D eigenvalue weighted by Crippen LogP contribution is -2.56. The predicted molar refractivity (Wildman–Crippen MR) is 129 cm³/mol. The van der Waals surface area contributed by atoms with E-state index in [0.717, 1.165) is 11.1 Å². The topological polar surface area (TPSA) is 47.9 Å². The Morgan fingerprint density at radius 2 is 1.44 bits per heavy atom. The molecule has 0 aliphatic carbocycles. The molecule has 4 nitrogen and oxygen atoms in total. The number of hydrogen-bond donors (Lipinski definition) is 1. The zero-order chi connectivity index (χ0) is 23.0. The number of hydrogen-bond acceptors (Lipinski definition) is 4. The molecule has 0 aromatic heterocycles. The minimum atomic E-state index is -1.65. The second kappa shape index (κ2) is 11.5. The highest BCUT2D eigenvalue weighted by molar-refractivity contribution is 6.83. The van der Waals surface area contributed by atoms with Crippen LogP contribution in [-0.2, 0) is 27.4 Å². The second-order valence-corrected chi connectivity index (χ2v) is 13.8. The number of rotatable bonds is 7. The molecule has 1 aliphatic heterocycles. The fourth-order valence-electron chi connectivity index (χ4n) is 3.62. The van der Waals surface area contributed by atoms with Crippen LogP contribution in [0.3, 0.4) is 0 Å². The van der Waals surface area contributed by atoms with E-state index in [1.165, 1.54) is 0 Å². The molecule has 0 spiro atoms. The molecule has 0 bridgehead atoms. The van der Waals surface area contributed by atoms with E-state index in [4.69, 9.17) is 20.6 Å². The Morgan fingerprint density at radius 1 is 0.906 bits per heavy atom. The molecule has 0 radical (unpaired) electrons. The lowest BCUT2D eigenvalue weighted by molar-refractivity contribution is -0.214. The molecule has 3 rings (SSSR count). The quantitative estimate of drug-likeness (QED) is 0.513. The Hall–Kier alpha value is -2.38. The van der Waals surface area contributed by atoms with E-state index in [1.807, 2.05) is 60.7 Å². The van der Waals surface area contributed by atoms with Crippen LogP contribution in [-0.4, -0.2) is 44.2 Å². The van der Waals surface area contributed by atoms with E-state index in [2.05, 4.69) is 37.0 Å². The van der Waals surface area contributed by atoms with Gasteiger partial charge in [0, 0.05) is 0 Å². The summed E-state index contributed by atoms with van der Waals surface area (Å²) in [5.74, 6) is 5.62. The predicted octanol–water partition coefficient (Wildman–Crippen LogP) is 4.05. The van der Waals surface area contributed by atoms with Gasteiger partial charge < -0.3 is 19.3 Å². The van der Waals surface area contributed by atoms with Gasteiger partial charge in [-0.3, -0.25) is 0 Å². The molecule has 5 heteroatoms. The summed E-state index contributed by atoms with van der Waals surface area (Å²) in [4.78, 5) is 0. The van der Waals surface area contributed by atoms with Crippen LogP contribution in [0.25, 0.3) is 0 Å². The number of aliphatic hydroxyl groups is 1. The largest absolute Gasteiger partial charge is 0.394 e. The van der Waals surface area contributed by atoms with Gasteiger partial charge in [-0.15, -0.1) is 12.0 Å². The van der Waals surface area contributed by atoms with Crippen molar-refractivity contribution in [2.45, 2.75) is 57.3 Å². The monoisotopic (exact) mass is 448 g/mol. The van der Waals surface area contributed by atoms with Crippen LogP contribution in [0.4, 0.5) is 0 Å². The third-order valence-electron chi connectivity index (χ3n) is 5.23. The van der Waals surface area contributed by atoms with Crippen LogP contribution < -0.4 is 0 Å². The standard InChI is InChI=1S/C27H32O4Si/c1-5-23-25(18-28)31-24(16-17-32(2,3)4)27(30-20-22-14-10-7-11-15-22)26(23)29-19-21-12-8-6-9-13-21/h1,6-15,23-28H,18-20H2,2-4H3/t23-,24-,25-,26+,27+/m1/s1. The van der Waals surface area contributed by atoms with E-state index in [1.54, 1.807) is 0 Å². The molecule has 1 aliphatic rings. The summed E-state index contributed by atoms with van der Waals surface area (Å²) in [5, 5.41) is 9.98. The maximum Gasteiger partial charge on any atom is 0.146 e. The van der Waals surface area contributed by atoms with Gasteiger partial charge in [0.25, 0.3) is 0 Å². The average molecular weight is 449 g/mol. The van der Waals surface area contributed by atoms with Gasteiger partial charge >= 0.3 is 0 Å². The summed E-state index contributed by atoms with van der Waals surface area (Å²) in [6.07, 6.45) is 3.85. The second-order valence-electron chi connectivity index (χ2n) is 9.01. The Bertz CT molecular complexity index is 937. The van der Waals surface area contributed by atoms with Gasteiger partial charge in [-0.05, 0) is 11.1 Å². The number of ether oxygens (including phenoxy) is 3. The Balaban J connectivity index is 1.89. The van der Waals surface area contributed by atoms with Gasteiger partial charge in [0.05, 0.1) is 31.8 Å². The van der Waals surface area contributed by atoms with Crippen LogP contribution >= 0.6 is 0 Å². The summed E-state index contributed by atoms with van der Waals surface area (Å²) >= 11 is 0. The zero-order valence-electron chi connectivity index (χ0n) is 19.0. The van der Waals surface area contributed by atoms with Gasteiger partial charge in [-0.25, -0.2) is 0 Å². The molecular weight excluding hydrogens is 416 g/mol. The van der Waals surface area contributed by atoms with Crippen molar-refractivity contribution in [3.63, 3.8) is 0 Å². The minimum Gasteiger partial charge on any atom is -0.394 e. The number of terminal acetylenes is 1. The van der Waals surface area contributed by atoms with Crippen LogP contribution in [0.15, 0.2) is 60.7 Å². The molecule has 2 aromatic rings. The van der Waals surface area contributed by atoms with Crippen molar-refractivity contribution in [3.05, 3.63) is 71.8 Å². The molecular formula is C27H32O4Si. The van der Waals surface area contributed by atoms with Crippen molar-refractivity contribution >= 4 is 8.07 Å². The zero-order valence-corrected chi connectivity index (χ0v) is 20.0. The minimum absolute atomic E-state index is 0.198. The third-order valence-corrected chi connectivity index (χ3v) is 6.12. The van der Waals surface area contributed by atoms with Crippen molar-refractivity contribution in [3.8, 4) is 23.8 Å². The summed E-state index contributed by atoms with van der Waals surface area (Å²) in [6.45, 7) is 7.13. The molecule has 0 amide bonds. The highest BCUT2D eigenvalue weighted by Crippen LogP contribution is 2.31. The van der Waals surface area contributed by atoms with Crippen LogP contribution in [0.5, 0.6) is 0 Å². The van der Waals surface area contributed by atoms with Crippen molar-refractivity contribution in [2.75, 3.05) is 6.61 Å². The van der Waals surface area contributed by atoms with Crippen molar-refractivity contribution < 1.29 is 19.3 Å². The summed E-state index contributed by atoms with van der Waals surface area (Å²) in [5.41, 5.74) is 5.48. The first-order valence-corrected chi connectivity index (χ1v) is 14.5. The van der Waals surface area contributed by atoms with E-state index >= 15 is 0 Å². The van der Waals surface area contributed by atoms with E-state index in [0.29, 0.717) is 13.2 Å². The fraction of sp³-hybridized carbons (Fsp3) is 0.407. The summed E-state index contributed by atoms with van der Waals surface area (Å²) in [6, 6.07) is 19.9. The summed E-state index contributed by atoms with van der Waals surface area (Å²) < 4.78 is 18.9. The van der Waals surface area contributed by atoms with Crippen molar-refractivity contribution in [2.24, 2.45) is 5.92 Å².